The summed E-state index contributed by atoms with van der Waals surface area (Å²) < 4.78 is 84.1. The van der Waals surface area contributed by atoms with E-state index in [4.69, 9.17) is 4.74 Å². The van der Waals surface area contributed by atoms with Gasteiger partial charge in [-0.15, -0.1) is 0 Å². The van der Waals surface area contributed by atoms with Gasteiger partial charge >= 0.3 is 6.18 Å². The fraction of sp³-hybridized carbons (Fsp3) is 0.538. The summed E-state index contributed by atoms with van der Waals surface area (Å²) in [4.78, 5) is 0. The molecule has 0 aliphatic carbocycles. The Labute approximate surface area is 125 Å². The number of alkyl halides is 3. The molecule has 0 amide bonds. The predicted octanol–water partition coefficient (Wildman–Crippen LogP) is 2.36. The van der Waals surface area contributed by atoms with E-state index in [0.29, 0.717) is 0 Å². The van der Waals surface area contributed by atoms with Crippen molar-refractivity contribution >= 4 is 10.0 Å². The number of hydrogen-bond acceptors (Lipinski definition) is 3. The molecule has 0 spiro atoms. The summed E-state index contributed by atoms with van der Waals surface area (Å²) in [5.41, 5.74) is -2.74. The first kappa shape index (κ1) is 17.2. The number of nitrogens with one attached hydrogen (secondary N) is 1. The van der Waals surface area contributed by atoms with E-state index in [0.717, 1.165) is 6.07 Å². The molecule has 124 valence electrons. The largest absolute Gasteiger partial charge is 0.407 e. The highest BCUT2D eigenvalue weighted by Crippen LogP contribution is 2.38. The Hall–Kier alpha value is -1.19. The molecule has 9 heteroatoms. The van der Waals surface area contributed by atoms with E-state index in [1.165, 1.54) is 18.2 Å². The second-order valence-corrected chi connectivity index (χ2v) is 6.87. The minimum Gasteiger partial charge on any atom is -0.381 e. The predicted molar refractivity (Wildman–Crippen MR) is 71.0 cm³/mol. The third-order valence-corrected chi connectivity index (χ3v) is 4.94. The molecular weight excluding hydrogens is 326 g/mol. The van der Waals surface area contributed by atoms with Gasteiger partial charge in [0.25, 0.3) is 0 Å². The average Bonchev–Trinajstić information content (AvgIpc) is 2.40. The SMILES string of the molecule is O=S(=O)(Cc1ccccc1F)NC1(C(F)(F)F)CCOCC1. The van der Waals surface area contributed by atoms with Crippen molar-refractivity contribution in [2.75, 3.05) is 13.2 Å². The lowest BCUT2D eigenvalue weighted by atomic mass is 9.91. The highest BCUT2D eigenvalue weighted by molar-refractivity contribution is 7.88. The standard InChI is InChI=1S/C13H15F4NO3S/c14-11-4-2-1-3-10(11)9-22(19,20)18-12(13(15,16)17)5-7-21-8-6-12/h1-4,18H,5-9H2. The molecule has 1 aliphatic rings. The van der Waals surface area contributed by atoms with Crippen LogP contribution >= 0.6 is 0 Å². The number of hydrogen-bond donors (Lipinski definition) is 1. The summed E-state index contributed by atoms with van der Waals surface area (Å²) in [5, 5.41) is 0. The normalized spacial score (nSPS) is 19.1. The topological polar surface area (TPSA) is 55.4 Å². The zero-order valence-electron chi connectivity index (χ0n) is 11.5. The quantitative estimate of drug-likeness (QED) is 0.856. The van der Waals surface area contributed by atoms with Crippen molar-refractivity contribution in [3.05, 3.63) is 35.6 Å². The zero-order valence-corrected chi connectivity index (χ0v) is 12.3. The first-order valence-electron chi connectivity index (χ1n) is 6.55. The maximum atomic E-state index is 13.5. The van der Waals surface area contributed by atoms with Crippen LogP contribution in [0.2, 0.25) is 0 Å². The van der Waals surface area contributed by atoms with E-state index < -0.39 is 46.2 Å². The Bertz CT molecular complexity index is 624. The van der Waals surface area contributed by atoms with Gasteiger partial charge in [0.05, 0.1) is 5.75 Å². The molecule has 1 saturated heterocycles. The molecule has 1 fully saturated rings. The summed E-state index contributed by atoms with van der Waals surface area (Å²) >= 11 is 0. The van der Waals surface area contributed by atoms with E-state index in [2.05, 4.69) is 0 Å². The fourth-order valence-electron chi connectivity index (χ4n) is 2.32. The van der Waals surface area contributed by atoms with Crippen LogP contribution in [-0.2, 0) is 20.5 Å². The highest BCUT2D eigenvalue weighted by Gasteiger charge is 2.57. The lowest BCUT2D eigenvalue weighted by Gasteiger charge is -2.38. The van der Waals surface area contributed by atoms with Crippen LogP contribution in [0.15, 0.2) is 24.3 Å². The molecule has 1 heterocycles. The first-order chi connectivity index (χ1) is 10.2. The van der Waals surface area contributed by atoms with Crippen LogP contribution < -0.4 is 4.72 Å². The highest BCUT2D eigenvalue weighted by atomic mass is 32.2. The third kappa shape index (κ3) is 3.76. The van der Waals surface area contributed by atoms with Crippen LogP contribution in [0, 0.1) is 5.82 Å². The Morgan fingerprint density at radius 3 is 2.32 bits per heavy atom. The molecule has 0 aromatic heterocycles. The monoisotopic (exact) mass is 341 g/mol. The summed E-state index contributed by atoms with van der Waals surface area (Å²) in [6, 6.07) is 5.06. The molecule has 1 aromatic rings. The number of rotatable bonds is 4. The Balaban J connectivity index is 2.24. The van der Waals surface area contributed by atoms with Gasteiger partial charge < -0.3 is 4.74 Å². The maximum Gasteiger partial charge on any atom is 0.407 e. The zero-order chi connectivity index (χ0) is 16.4. The Kier molecular flexibility index (Phi) is 4.78. The molecular formula is C13H15F4NO3S. The van der Waals surface area contributed by atoms with Gasteiger partial charge in [-0.3, -0.25) is 0 Å². The Morgan fingerprint density at radius 1 is 1.18 bits per heavy atom. The number of halogens is 4. The van der Waals surface area contributed by atoms with Gasteiger partial charge in [-0.1, -0.05) is 18.2 Å². The smallest absolute Gasteiger partial charge is 0.381 e. The molecule has 0 saturated carbocycles. The summed E-state index contributed by atoms with van der Waals surface area (Å²) in [6.45, 7) is -0.385. The van der Waals surface area contributed by atoms with Gasteiger partial charge in [-0.05, 0) is 18.9 Å². The molecule has 1 aromatic carbocycles. The molecule has 1 N–H and O–H groups in total. The lowest BCUT2D eigenvalue weighted by molar-refractivity contribution is -0.210. The van der Waals surface area contributed by atoms with Crippen molar-refractivity contribution in [1.82, 2.24) is 4.72 Å². The lowest BCUT2D eigenvalue weighted by Crippen LogP contribution is -2.61. The van der Waals surface area contributed by atoms with Crippen molar-refractivity contribution in [3.63, 3.8) is 0 Å². The van der Waals surface area contributed by atoms with Gasteiger partial charge in [0.2, 0.25) is 10.0 Å². The van der Waals surface area contributed by atoms with Crippen LogP contribution in [-0.4, -0.2) is 33.3 Å². The van der Waals surface area contributed by atoms with E-state index in [1.807, 2.05) is 0 Å². The maximum absolute atomic E-state index is 13.5. The average molecular weight is 341 g/mol. The van der Waals surface area contributed by atoms with Crippen molar-refractivity contribution in [1.29, 1.82) is 0 Å². The summed E-state index contributed by atoms with van der Waals surface area (Å²) in [5.74, 6) is -1.63. The van der Waals surface area contributed by atoms with Crippen LogP contribution in [0.25, 0.3) is 0 Å². The van der Waals surface area contributed by atoms with Gasteiger partial charge in [-0.25, -0.2) is 12.8 Å². The number of benzene rings is 1. The van der Waals surface area contributed by atoms with Gasteiger partial charge in [0.1, 0.15) is 11.4 Å². The van der Waals surface area contributed by atoms with E-state index in [9.17, 15) is 26.0 Å². The molecule has 0 atom stereocenters. The fourth-order valence-corrected chi connectivity index (χ4v) is 3.95. The number of sulfonamides is 1. The van der Waals surface area contributed by atoms with Gasteiger partial charge in [-0.2, -0.15) is 17.9 Å². The van der Waals surface area contributed by atoms with Crippen LogP contribution in [0.5, 0.6) is 0 Å². The molecule has 0 unspecified atom stereocenters. The van der Waals surface area contributed by atoms with E-state index >= 15 is 0 Å². The number of ether oxygens (including phenoxy) is 1. The third-order valence-electron chi connectivity index (χ3n) is 3.54. The van der Waals surface area contributed by atoms with Crippen molar-refractivity contribution < 1.29 is 30.7 Å². The van der Waals surface area contributed by atoms with Crippen molar-refractivity contribution in [2.45, 2.75) is 30.3 Å². The van der Waals surface area contributed by atoms with Crippen LogP contribution in [0.1, 0.15) is 18.4 Å². The molecule has 22 heavy (non-hydrogen) atoms. The second kappa shape index (κ2) is 6.13. The molecule has 1 aliphatic heterocycles. The molecule has 4 nitrogen and oxygen atoms in total. The van der Waals surface area contributed by atoms with E-state index in [1.54, 1.807) is 4.72 Å². The van der Waals surface area contributed by atoms with E-state index in [-0.39, 0.29) is 18.8 Å². The molecule has 0 radical (unpaired) electrons. The molecule has 0 bridgehead atoms. The summed E-state index contributed by atoms with van der Waals surface area (Å²) in [6.07, 6.45) is -5.76. The van der Waals surface area contributed by atoms with Gasteiger partial charge in [0.15, 0.2) is 0 Å². The first-order valence-corrected chi connectivity index (χ1v) is 8.20. The minimum atomic E-state index is -4.75. The van der Waals surface area contributed by atoms with Crippen LogP contribution in [0.3, 0.4) is 0 Å². The Morgan fingerprint density at radius 2 is 1.77 bits per heavy atom. The van der Waals surface area contributed by atoms with Crippen molar-refractivity contribution in [3.8, 4) is 0 Å². The van der Waals surface area contributed by atoms with Crippen molar-refractivity contribution in [2.24, 2.45) is 0 Å². The summed E-state index contributed by atoms with van der Waals surface area (Å²) in [7, 11) is -4.36. The minimum absolute atomic E-state index is 0.181. The van der Waals surface area contributed by atoms with Crippen LogP contribution in [0.4, 0.5) is 17.6 Å². The van der Waals surface area contributed by atoms with Gasteiger partial charge in [0, 0.05) is 18.8 Å². The second-order valence-electron chi connectivity index (χ2n) is 5.14. The molecule has 2 rings (SSSR count).